The Morgan fingerprint density at radius 2 is 1.86 bits per heavy atom. The van der Waals surface area contributed by atoms with Gasteiger partial charge in [0.2, 0.25) is 0 Å². The molecule has 0 heterocycles. The average molecular weight is 303 g/mol. The zero-order chi connectivity index (χ0) is 15.4. The monoisotopic (exact) mass is 302 g/mol. The van der Waals surface area contributed by atoms with E-state index >= 15 is 0 Å². The number of halogens is 1. The molecule has 0 aliphatic carbocycles. The molecule has 1 amide bonds. The Labute approximate surface area is 130 Å². The van der Waals surface area contributed by atoms with E-state index in [9.17, 15) is 4.79 Å². The molecule has 0 saturated heterocycles. The SMILES string of the molecule is CC(Nc1ccccc1C(=O)N(C)C)c1cccc(Cl)c1. The van der Waals surface area contributed by atoms with Crippen molar-refractivity contribution in [1.29, 1.82) is 0 Å². The first-order valence-electron chi connectivity index (χ1n) is 6.81. The van der Waals surface area contributed by atoms with Crippen LogP contribution in [0, 0.1) is 0 Å². The number of hydrogen-bond acceptors (Lipinski definition) is 2. The molecular formula is C17H19ClN2O. The van der Waals surface area contributed by atoms with Gasteiger partial charge in [0, 0.05) is 30.8 Å². The third-order valence-electron chi connectivity index (χ3n) is 3.28. The van der Waals surface area contributed by atoms with Gasteiger partial charge in [0.25, 0.3) is 5.91 Å². The van der Waals surface area contributed by atoms with Gasteiger partial charge in [-0.05, 0) is 36.8 Å². The van der Waals surface area contributed by atoms with Crippen LogP contribution in [0.4, 0.5) is 5.69 Å². The molecule has 110 valence electrons. The number of para-hydroxylation sites is 1. The predicted molar refractivity (Wildman–Crippen MR) is 87.9 cm³/mol. The minimum absolute atomic E-state index is 0.0172. The average Bonchev–Trinajstić information content (AvgIpc) is 2.47. The lowest BCUT2D eigenvalue weighted by Crippen LogP contribution is -2.23. The van der Waals surface area contributed by atoms with Crippen molar-refractivity contribution in [2.45, 2.75) is 13.0 Å². The first kappa shape index (κ1) is 15.4. The normalized spacial score (nSPS) is 11.8. The Kier molecular flexibility index (Phi) is 4.86. The van der Waals surface area contributed by atoms with Gasteiger partial charge in [-0.3, -0.25) is 4.79 Å². The van der Waals surface area contributed by atoms with Crippen LogP contribution in [0.1, 0.15) is 28.9 Å². The van der Waals surface area contributed by atoms with Gasteiger partial charge in [-0.1, -0.05) is 35.9 Å². The molecule has 2 rings (SSSR count). The number of hydrogen-bond donors (Lipinski definition) is 1. The van der Waals surface area contributed by atoms with E-state index in [1.807, 2.05) is 55.5 Å². The Balaban J connectivity index is 2.25. The number of nitrogens with zero attached hydrogens (tertiary/aromatic N) is 1. The second-order valence-corrected chi connectivity index (χ2v) is 5.60. The lowest BCUT2D eigenvalue weighted by molar-refractivity contribution is 0.0828. The maximum absolute atomic E-state index is 12.2. The Hall–Kier alpha value is -2.00. The van der Waals surface area contributed by atoms with Crippen molar-refractivity contribution in [2.75, 3.05) is 19.4 Å². The number of carbonyl (C=O) groups is 1. The lowest BCUT2D eigenvalue weighted by Gasteiger charge is -2.20. The Morgan fingerprint density at radius 3 is 2.52 bits per heavy atom. The molecular weight excluding hydrogens is 284 g/mol. The van der Waals surface area contributed by atoms with Crippen molar-refractivity contribution in [2.24, 2.45) is 0 Å². The van der Waals surface area contributed by atoms with E-state index in [1.54, 1.807) is 19.0 Å². The maximum atomic E-state index is 12.2. The van der Waals surface area contributed by atoms with E-state index in [0.717, 1.165) is 11.3 Å². The van der Waals surface area contributed by atoms with Crippen LogP contribution in [0.3, 0.4) is 0 Å². The van der Waals surface area contributed by atoms with Gasteiger partial charge in [0.05, 0.1) is 5.56 Å². The zero-order valence-electron chi connectivity index (χ0n) is 12.4. The van der Waals surface area contributed by atoms with Crippen LogP contribution < -0.4 is 5.32 Å². The molecule has 2 aromatic carbocycles. The molecule has 0 aliphatic rings. The van der Waals surface area contributed by atoms with Gasteiger partial charge in [0.15, 0.2) is 0 Å². The summed E-state index contributed by atoms with van der Waals surface area (Å²) in [4.78, 5) is 13.8. The van der Waals surface area contributed by atoms with Gasteiger partial charge in [-0.25, -0.2) is 0 Å². The van der Waals surface area contributed by atoms with E-state index < -0.39 is 0 Å². The number of nitrogens with one attached hydrogen (secondary N) is 1. The standard InChI is InChI=1S/C17H19ClN2O/c1-12(13-7-6-8-14(18)11-13)19-16-10-5-4-9-15(16)17(21)20(2)3/h4-12,19H,1-3H3. The highest BCUT2D eigenvalue weighted by molar-refractivity contribution is 6.30. The third kappa shape index (κ3) is 3.76. The molecule has 0 fully saturated rings. The van der Waals surface area contributed by atoms with Gasteiger partial charge in [0.1, 0.15) is 0 Å². The van der Waals surface area contributed by atoms with Gasteiger partial charge in [-0.2, -0.15) is 0 Å². The van der Waals surface area contributed by atoms with Crippen molar-refractivity contribution in [3.8, 4) is 0 Å². The molecule has 21 heavy (non-hydrogen) atoms. The predicted octanol–water partition coefficient (Wildman–Crippen LogP) is 4.21. The second-order valence-electron chi connectivity index (χ2n) is 5.17. The van der Waals surface area contributed by atoms with Gasteiger partial charge in [-0.15, -0.1) is 0 Å². The van der Waals surface area contributed by atoms with Crippen LogP contribution in [-0.2, 0) is 0 Å². The molecule has 2 aromatic rings. The van der Waals surface area contributed by atoms with E-state index in [0.29, 0.717) is 10.6 Å². The highest BCUT2D eigenvalue weighted by atomic mass is 35.5. The van der Waals surface area contributed by atoms with E-state index in [1.165, 1.54) is 0 Å². The van der Waals surface area contributed by atoms with Crippen LogP contribution in [0.5, 0.6) is 0 Å². The van der Waals surface area contributed by atoms with E-state index in [4.69, 9.17) is 11.6 Å². The minimum Gasteiger partial charge on any atom is -0.378 e. The summed E-state index contributed by atoms with van der Waals surface area (Å²) in [7, 11) is 3.50. The smallest absolute Gasteiger partial charge is 0.255 e. The summed E-state index contributed by atoms with van der Waals surface area (Å²) in [5.74, 6) is -0.0172. The van der Waals surface area contributed by atoms with Crippen molar-refractivity contribution in [3.63, 3.8) is 0 Å². The zero-order valence-corrected chi connectivity index (χ0v) is 13.2. The molecule has 1 unspecified atom stereocenters. The molecule has 1 N–H and O–H groups in total. The van der Waals surface area contributed by atoms with E-state index in [-0.39, 0.29) is 11.9 Å². The second kappa shape index (κ2) is 6.64. The van der Waals surface area contributed by atoms with Crippen molar-refractivity contribution < 1.29 is 4.79 Å². The molecule has 0 radical (unpaired) electrons. The molecule has 0 saturated carbocycles. The summed E-state index contributed by atoms with van der Waals surface area (Å²) in [5, 5.41) is 4.09. The molecule has 4 heteroatoms. The molecule has 0 spiro atoms. The fourth-order valence-corrected chi connectivity index (χ4v) is 2.33. The number of benzene rings is 2. The highest BCUT2D eigenvalue weighted by Crippen LogP contribution is 2.24. The quantitative estimate of drug-likeness (QED) is 0.917. The highest BCUT2D eigenvalue weighted by Gasteiger charge is 2.14. The minimum atomic E-state index is -0.0172. The lowest BCUT2D eigenvalue weighted by atomic mass is 10.1. The summed E-state index contributed by atoms with van der Waals surface area (Å²) in [6.07, 6.45) is 0. The van der Waals surface area contributed by atoms with Crippen molar-refractivity contribution >= 4 is 23.2 Å². The third-order valence-corrected chi connectivity index (χ3v) is 3.52. The number of rotatable bonds is 4. The summed E-state index contributed by atoms with van der Waals surface area (Å²) >= 11 is 6.03. The summed E-state index contributed by atoms with van der Waals surface area (Å²) in [6.45, 7) is 2.04. The molecule has 1 atom stereocenters. The van der Waals surface area contributed by atoms with Crippen LogP contribution in [0.2, 0.25) is 5.02 Å². The van der Waals surface area contributed by atoms with Crippen molar-refractivity contribution in [1.82, 2.24) is 4.90 Å². The largest absolute Gasteiger partial charge is 0.378 e. The van der Waals surface area contributed by atoms with Gasteiger partial charge >= 0.3 is 0 Å². The first-order chi connectivity index (χ1) is 9.99. The molecule has 0 aliphatic heterocycles. The number of carbonyl (C=O) groups excluding carboxylic acids is 1. The van der Waals surface area contributed by atoms with E-state index in [2.05, 4.69) is 5.32 Å². The summed E-state index contributed by atoms with van der Waals surface area (Å²) in [6, 6.07) is 15.3. The number of amides is 1. The van der Waals surface area contributed by atoms with Crippen molar-refractivity contribution in [3.05, 3.63) is 64.7 Å². The van der Waals surface area contributed by atoms with Crippen LogP contribution in [-0.4, -0.2) is 24.9 Å². The topological polar surface area (TPSA) is 32.3 Å². The van der Waals surface area contributed by atoms with Crippen LogP contribution >= 0.6 is 11.6 Å². The van der Waals surface area contributed by atoms with Crippen LogP contribution in [0.15, 0.2) is 48.5 Å². The fourth-order valence-electron chi connectivity index (χ4n) is 2.13. The molecule has 0 aromatic heterocycles. The number of anilines is 1. The fraction of sp³-hybridized carbons (Fsp3) is 0.235. The summed E-state index contributed by atoms with van der Waals surface area (Å²) in [5.41, 5.74) is 2.56. The Bertz CT molecular complexity index is 640. The first-order valence-corrected chi connectivity index (χ1v) is 7.19. The Morgan fingerprint density at radius 1 is 1.14 bits per heavy atom. The van der Waals surface area contributed by atoms with Crippen LogP contribution in [0.25, 0.3) is 0 Å². The summed E-state index contributed by atoms with van der Waals surface area (Å²) < 4.78 is 0. The molecule has 0 bridgehead atoms. The molecule has 3 nitrogen and oxygen atoms in total. The van der Waals surface area contributed by atoms with Gasteiger partial charge < -0.3 is 10.2 Å². The maximum Gasteiger partial charge on any atom is 0.255 e.